The fourth-order valence-electron chi connectivity index (χ4n) is 2.71. The van der Waals surface area contributed by atoms with Gasteiger partial charge in [0.05, 0.1) is 30.1 Å². The molecule has 0 bridgehead atoms. The van der Waals surface area contributed by atoms with Gasteiger partial charge in [0.25, 0.3) is 5.69 Å². The van der Waals surface area contributed by atoms with Crippen LogP contribution in [-0.4, -0.2) is 35.9 Å². The first-order chi connectivity index (χ1) is 15.2. The molecular weight excluding hydrogens is 426 g/mol. The molecule has 0 spiro atoms. The number of carbonyl (C=O) groups is 2. The van der Waals surface area contributed by atoms with Crippen molar-refractivity contribution in [1.82, 2.24) is 5.32 Å². The number of hydrogen-bond acceptors (Lipinski definition) is 9. The van der Waals surface area contributed by atoms with Crippen LogP contribution < -0.4 is 14.8 Å². The molecule has 0 radical (unpaired) electrons. The minimum absolute atomic E-state index is 0.121. The first-order valence-electron chi connectivity index (χ1n) is 8.97. The third kappa shape index (κ3) is 5.56. The number of nitro benzene ring substituents is 2. The van der Waals surface area contributed by atoms with Crippen molar-refractivity contribution in [3.8, 4) is 11.5 Å². The normalized spacial score (nSPS) is 10.8. The van der Waals surface area contributed by atoms with E-state index < -0.39 is 44.5 Å². The van der Waals surface area contributed by atoms with Gasteiger partial charge in [-0.2, -0.15) is 0 Å². The van der Waals surface area contributed by atoms with Gasteiger partial charge in [-0.05, 0) is 11.6 Å². The molecule has 32 heavy (non-hydrogen) atoms. The Kier molecular flexibility index (Phi) is 7.82. The summed E-state index contributed by atoms with van der Waals surface area (Å²) in [7, 11) is 2.18. The van der Waals surface area contributed by atoms with Crippen LogP contribution in [0, 0.1) is 20.2 Å². The summed E-state index contributed by atoms with van der Waals surface area (Å²) in [6.45, 7) is 0.998. The number of benzene rings is 2. The molecule has 2 aromatic rings. The van der Waals surface area contributed by atoms with Gasteiger partial charge in [0, 0.05) is 6.92 Å². The van der Waals surface area contributed by atoms with Crippen LogP contribution in [0.25, 0.3) is 6.08 Å². The number of carbonyl (C=O) groups excluding carboxylic acids is 2. The highest BCUT2D eigenvalue weighted by Gasteiger charge is 2.32. The zero-order valence-corrected chi connectivity index (χ0v) is 17.3. The third-order valence-electron chi connectivity index (χ3n) is 4.06. The van der Waals surface area contributed by atoms with E-state index in [4.69, 9.17) is 9.47 Å². The van der Waals surface area contributed by atoms with Crippen molar-refractivity contribution in [3.63, 3.8) is 0 Å². The van der Waals surface area contributed by atoms with Gasteiger partial charge in [-0.1, -0.05) is 30.3 Å². The lowest BCUT2D eigenvalue weighted by Crippen LogP contribution is -2.25. The van der Waals surface area contributed by atoms with Crippen molar-refractivity contribution in [2.45, 2.75) is 13.5 Å². The molecular formula is C20H19N3O9. The van der Waals surface area contributed by atoms with Crippen LogP contribution in [0.4, 0.5) is 11.4 Å². The topological polar surface area (TPSA) is 160 Å². The lowest BCUT2D eigenvalue weighted by atomic mass is 10.1. The summed E-state index contributed by atoms with van der Waals surface area (Å²) in [5.41, 5.74) is -1.56. The second-order valence-electron chi connectivity index (χ2n) is 6.21. The number of nitro groups is 2. The van der Waals surface area contributed by atoms with Gasteiger partial charge in [0.2, 0.25) is 11.7 Å². The number of nitrogens with zero attached hydrogens (tertiary/aromatic N) is 2. The molecule has 12 heteroatoms. The van der Waals surface area contributed by atoms with E-state index >= 15 is 0 Å². The molecule has 168 valence electrons. The first kappa shape index (κ1) is 23.8. The maximum absolute atomic E-state index is 12.1. The van der Waals surface area contributed by atoms with E-state index in [2.05, 4.69) is 10.1 Å². The van der Waals surface area contributed by atoms with Gasteiger partial charge in [-0.3, -0.25) is 25.0 Å². The average molecular weight is 445 g/mol. The number of hydrogen-bond donors (Lipinski definition) is 1. The molecule has 0 aliphatic rings. The van der Waals surface area contributed by atoms with Crippen LogP contribution in [0.3, 0.4) is 0 Å². The van der Waals surface area contributed by atoms with Gasteiger partial charge >= 0.3 is 11.7 Å². The van der Waals surface area contributed by atoms with E-state index in [0.717, 1.165) is 27.2 Å². The lowest BCUT2D eigenvalue weighted by molar-refractivity contribution is -0.394. The predicted octanol–water partition coefficient (Wildman–Crippen LogP) is 2.74. The van der Waals surface area contributed by atoms with Crippen LogP contribution in [0.15, 0.2) is 42.1 Å². The average Bonchev–Trinajstić information content (AvgIpc) is 2.76. The molecule has 0 heterocycles. The summed E-state index contributed by atoms with van der Waals surface area (Å²) in [5, 5.41) is 25.5. The van der Waals surface area contributed by atoms with Crippen molar-refractivity contribution in [1.29, 1.82) is 0 Å². The van der Waals surface area contributed by atoms with Gasteiger partial charge in [-0.15, -0.1) is 0 Å². The molecule has 0 unspecified atom stereocenters. The molecule has 0 saturated carbocycles. The third-order valence-corrected chi connectivity index (χ3v) is 4.06. The monoisotopic (exact) mass is 445 g/mol. The van der Waals surface area contributed by atoms with Crippen LogP contribution in [0.1, 0.15) is 18.1 Å². The summed E-state index contributed by atoms with van der Waals surface area (Å²) >= 11 is 0. The maximum atomic E-state index is 12.1. The quantitative estimate of drug-likeness (QED) is 0.265. The highest BCUT2D eigenvalue weighted by atomic mass is 16.6. The standard InChI is InChI=1S/C20H19N3O9/c1-12(24)21-15(20(25)31-3)9-14-16(22(26)27)10-17(23(28)29)19(30-2)18(14)32-11-13-7-5-4-6-8-13/h4-10H,11H2,1-3H3,(H,21,24). The predicted molar refractivity (Wildman–Crippen MR) is 111 cm³/mol. The summed E-state index contributed by atoms with van der Waals surface area (Å²) in [6.07, 6.45) is 0.942. The summed E-state index contributed by atoms with van der Waals surface area (Å²) < 4.78 is 15.4. The molecule has 0 fully saturated rings. The van der Waals surface area contributed by atoms with Gasteiger partial charge < -0.3 is 19.5 Å². The smallest absolute Gasteiger partial charge is 0.354 e. The Hall–Kier alpha value is -4.48. The second-order valence-corrected chi connectivity index (χ2v) is 6.21. The van der Waals surface area contributed by atoms with Crippen molar-refractivity contribution < 1.29 is 33.6 Å². The van der Waals surface area contributed by atoms with Gasteiger partial charge in [0.1, 0.15) is 17.9 Å². The Morgan fingerprint density at radius 1 is 1.03 bits per heavy atom. The van der Waals surface area contributed by atoms with Crippen molar-refractivity contribution in [3.05, 3.63) is 73.5 Å². The zero-order chi connectivity index (χ0) is 23.8. The van der Waals surface area contributed by atoms with E-state index in [1.807, 2.05) is 0 Å². The Balaban J connectivity index is 2.81. The van der Waals surface area contributed by atoms with E-state index in [0.29, 0.717) is 11.6 Å². The van der Waals surface area contributed by atoms with Crippen molar-refractivity contribution >= 4 is 29.3 Å². The number of methoxy groups -OCH3 is 2. The molecule has 0 aromatic heterocycles. The molecule has 0 aliphatic carbocycles. The Morgan fingerprint density at radius 2 is 1.66 bits per heavy atom. The molecule has 1 amide bonds. The molecule has 2 rings (SSSR count). The largest absolute Gasteiger partial charge is 0.488 e. The minimum Gasteiger partial charge on any atom is -0.488 e. The fourth-order valence-corrected chi connectivity index (χ4v) is 2.71. The Morgan fingerprint density at radius 3 is 2.16 bits per heavy atom. The number of esters is 1. The van der Waals surface area contributed by atoms with Crippen LogP contribution >= 0.6 is 0 Å². The van der Waals surface area contributed by atoms with E-state index in [9.17, 15) is 29.8 Å². The van der Waals surface area contributed by atoms with Crippen molar-refractivity contribution in [2.75, 3.05) is 14.2 Å². The van der Waals surface area contributed by atoms with Crippen LogP contribution in [-0.2, 0) is 20.9 Å². The number of ether oxygens (including phenoxy) is 3. The molecule has 12 nitrogen and oxygen atoms in total. The zero-order valence-electron chi connectivity index (χ0n) is 17.3. The van der Waals surface area contributed by atoms with Crippen LogP contribution in [0.5, 0.6) is 11.5 Å². The van der Waals surface area contributed by atoms with Gasteiger partial charge in [0.15, 0.2) is 5.75 Å². The lowest BCUT2D eigenvalue weighted by Gasteiger charge is -2.15. The molecule has 0 saturated heterocycles. The van der Waals surface area contributed by atoms with Gasteiger partial charge in [-0.25, -0.2) is 4.79 Å². The molecule has 0 atom stereocenters. The van der Waals surface area contributed by atoms with E-state index in [-0.39, 0.29) is 17.9 Å². The Bertz CT molecular complexity index is 1080. The summed E-state index contributed by atoms with van der Waals surface area (Å²) in [5.74, 6) is -2.40. The maximum Gasteiger partial charge on any atom is 0.354 e. The summed E-state index contributed by atoms with van der Waals surface area (Å²) in [4.78, 5) is 45.1. The fraction of sp³-hybridized carbons (Fsp3) is 0.200. The first-order valence-corrected chi connectivity index (χ1v) is 8.97. The van der Waals surface area contributed by atoms with Crippen LogP contribution in [0.2, 0.25) is 0 Å². The number of amides is 1. The summed E-state index contributed by atoms with van der Waals surface area (Å²) in [6, 6.07) is 9.35. The molecule has 1 N–H and O–H groups in total. The van der Waals surface area contributed by atoms with Crippen molar-refractivity contribution in [2.24, 2.45) is 0 Å². The number of nitrogens with one attached hydrogen (secondary N) is 1. The highest BCUT2D eigenvalue weighted by molar-refractivity contribution is 5.99. The highest BCUT2D eigenvalue weighted by Crippen LogP contribution is 2.46. The SMILES string of the molecule is COC(=O)C(=Cc1c([N+](=O)[O-])cc([N+](=O)[O-])c(OC)c1OCc1ccccc1)NC(C)=O. The second kappa shape index (κ2) is 10.5. The van der Waals surface area contributed by atoms with E-state index in [1.165, 1.54) is 0 Å². The van der Waals surface area contributed by atoms with E-state index in [1.54, 1.807) is 30.3 Å². The minimum atomic E-state index is -0.999. The Labute approximate surface area is 181 Å². The molecule has 0 aliphatic heterocycles. The molecule has 2 aromatic carbocycles. The number of rotatable bonds is 9.